The first-order valence-corrected chi connectivity index (χ1v) is 15.5. The van der Waals surface area contributed by atoms with E-state index in [1.165, 1.54) is 6.33 Å². The summed E-state index contributed by atoms with van der Waals surface area (Å²) >= 11 is 4.05. The van der Waals surface area contributed by atoms with Crippen molar-refractivity contribution in [2.24, 2.45) is 5.73 Å². The van der Waals surface area contributed by atoms with Crippen molar-refractivity contribution in [2.45, 2.75) is 31.3 Å². The minimum absolute atomic E-state index is 0.00126. The molecular formula is C16H24N5O11P3S. The molecule has 0 amide bonds. The lowest BCUT2D eigenvalue weighted by molar-refractivity contribution is -0.0295. The van der Waals surface area contributed by atoms with E-state index >= 15 is 0 Å². The van der Waals surface area contributed by atoms with E-state index in [9.17, 15) is 23.5 Å². The molecule has 0 bridgehead atoms. The third kappa shape index (κ3) is 7.59. The van der Waals surface area contributed by atoms with Crippen molar-refractivity contribution in [3.63, 3.8) is 0 Å². The van der Waals surface area contributed by atoms with Gasteiger partial charge in [-0.3, -0.25) is 4.57 Å². The highest BCUT2D eigenvalue weighted by Gasteiger charge is 2.42. The van der Waals surface area contributed by atoms with Crippen molar-refractivity contribution >= 4 is 52.7 Å². The number of hydrogen-bond acceptors (Lipinski definition) is 12. The molecule has 1 fully saturated rings. The highest BCUT2D eigenvalue weighted by atomic mass is 32.1. The van der Waals surface area contributed by atoms with E-state index in [0.29, 0.717) is 16.6 Å². The second-order valence-electron chi connectivity index (χ2n) is 7.38. The summed E-state index contributed by atoms with van der Waals surface area (Å²) in [6.07, 6.45) is 0.177. The Morgan fingerprint density at radius 1 is 1.22 bits per heavy atom. The van der Waals surface area contributed by atoms with Crippen molar-refractivity contribution in [1.82, 2.24) is 14.5 Å². The molecule has 3 heterocycles. The lowest BCUT2D eigenvalue weighted by atomic mass is 10.1. The molecular weight excluding hydrogens is 563 g/mol. The molecule has 0 aromatic carbocycles. The quantitative estimate of drug-likeness (QED) is 0.0873. The predicted octanol–water partition coefficient (Wildman–Crippen LogP) is 0.685. The Morgan fingerprint density at radius 2 is 1.94 bits per heavy atom. The van der Waals surface area contributed by atoms with Gasteiger partial charge < -0.3 is 45.1 Å². The fraction of sp³-hybridized carbons (Fsp3) is 0.500. The van der Waals surface area contributed by atoms with Gasteiger partial charge in [-0.15, -0.1) is 0 Å². The number of anilines is 1. The maximum Gasteiger partial charge on any atom is 0.488 e. The van der Waals surface area contributed by atoms with Gasteiger partial charge in [-0.1, -0.05) is 11.8 Å². The number of phosphoric acid groups is 2. The molecule has 16 nitrogen and oxygen atoms in total. The SMILES string of the molecule is NCC#Cc1cn([C@H]2CC(OCS)[C@@H](CCP(=O)(O)OP(=O)(O)OP(=O)(O)O)O2)c2ncnc(N)c12. The zero-order valence-corrected chi connectivity index (χ0v) is 21.9. The summed E-state index contributed by atoms with van der Waals surface area (Å²) in [5.74, 6) is 5.84. The van der Waals surface area contributed by atoms with Crippen molar-refractivity contribution in [2.75, 3.05) is 24.4 Å². The van der Waals surface area contributed by atoms with Gasteiger partial charge in [-0.2, -0.15) is 16.9 Å². The van der Waals surface area contributed by atoms with Crippen molar-refractivity contribution in [1.29, 1.82) is 0 Å². The molecule has 36 heavy (non-hydrogen) atoms. The molecule has 8 N–H and O–H groups in total. The second kappa shape index (κ2) is 11.6. The van der Waals surface area contributed by atoms with E-state index in [2.05, 4.69) is 43.1 Å². The molecule has 3 unspecified atom stereocenters. The van der Waals surface area contributed by atoms with E-state index < -0.39 is 47.8 Å². The summed E-state index contributed by atoms with van der Waals surface area (Å²) in [5, 5.41) is 0.495. The first kappa shape index (κ1) is 29.2. The fourth-order valence-electron chi connectivity index (χ4n) is 3.61. The standard InChI is InChI=1S/C16H24N5O11P3S/c17-4-1-2-10-7-21(16-14(10)15(18)19-8-20-16)13-6-12(29-9-36)11(30-13)3-5-33(22,23)31-35(27,28)32-34(24,25)26/h7-8,11-13,36H,3-6,9,17H2,(H,22,23)(H,27,28)(H2,18,19,20)(H2,24,25,26)/t11-,12?,13-/m1/s1. The number of nitrogens with two attached hydrogens (primary N) is 2. The van der Waals surface area contributed by atoms with Gasteiger partial charge in [-0.05, 0) is 6.42 Å². The Bertz CT molecular complexity index is 1310. The maximum atomic E-state index is 12.3. The maximum absolute atomic E-state index is 12.3. The number of nitrogen functional groups attached to an aromatic ring is 1. The van der Waals surface area contributed by atoms with E-state index in [0.717, 1.165) is 0 Å². The molecule has 1 aliphatic heterocycles. The van der Waals surface area contributed by atoms with Crippen LogP contribution in [0.2, 0.25) is 0 Å². The van der Waals surface area contributed by atoms with E-state index in [-0.39, 0.29) is 31.1 Å². The monoisotopic (exact) mass is 587 g/mol. The van der Waals surface area contributed by atoms with Crippen LogP contribution in [0.5, 0.6) is 0 Å². The highest BCUT2D eigenvalue weighted by molar-refractivity contribution is 7.80. The Balaban J connectivity index is 1.80. The number of thiol groups is 1. The average Bonchev–Trinajstić information content (AvgIpc) is 3.30. The Morgan fingerprint density at radius 3 is 2.58 bits per heavy atom. The first-order chi connectivity index (χ1) is 16.8. The van der Waals surface area contributed by atoms with Gasteiger partial charge in [0, 0.05) is 12.6 Å². The molecule has 200 valence electrons. The molecule has 0 aliphatic carbocycles. The van der Waals surface area contributed by atoms with Crippen LogP contribution in [0.15, 0.2) is 12.5 Å². The third-order valence-electron chi connectivity index (χ3n) is 4.88. The molecule has 0 spiro atoms. The van der Waals surface area contributed by atoms with Crippen molar-refractivity contribution in [3.05, 3.63) is 18.1 Å². The summed E-state index contributed by atoms with van der Waals surface area (Å²) < 4.78 is 55.7. The van der Waals surface area contributed by atoms with Gasteiger partial charge in [-0.25, -0.2) is 23.4 Å². The zero-order chi connectivity index (χ0) is 26.7. The molecule has 1 aliphatic rings. The molecule has 2 aromatic heterocycles. The number of hydrogen-bond donors (Lipinski definition) is 7. The zero-order valence-electron chi connectivity index (χ0n) is 18.4. The molecule has 0 radical (unpaired) electrons. The van der Waals surface area contributed by atoms with Gasteiger partial charge in [0.25, 0.3) is 0 Å². The van der Waals surface area contributed by atoms with Crippen LogP contribution >= 0.6 is 35.9 Å². The van der Waals surface area contributed by atoms with Crippen LogP contribution in [0.25, 0.3) is 11.0 Å². The van der Waals surface area contributed by atoms with Gasteiger partial charge in [0.05, 0.1) is 41.8 Å². The predicted molar refractivity (Wildman–Crippen MR) is 128 cm³/mol. The van der Waals surface area contributed by atoms with Crippen LogP contribution in [-0.4, -0.2) is 65.0 Å². The first-order valence-electron chi connectivity index (χ1n) is 10.1. The summed E-state index contributed by atoms with van der Waals surface area (Å²) in [6.45, 7) is 0.114. The second-order valence-corrected chi connectivity index (χ2v) is 12.6. The molecule has 0 saturated carbocycles. The number of aromatic nitrogens is 3. The van der Waals surface area contributed by atoms with E-state index in [1.807, 2.05) is 0 Å². The minimum Gasteiger partial charge on any atom is -0.383 e. The summed E-state index contributed by atoms with van der Waals surface area (Å²) in [4.78, 5) is 44.9. The third-order valence-corrected chi connectivity index (χ3v) is 9.37. The van der Waals surface area contributed by atoms with Gasteiger partial charge in [0.1, 0.15) is 24.0 Å². The Labute approximate surface area is 210 Å². The van der Waals surface area contributed by atoms with Crippen LogP contribution in [0, 0.1) is 11.8 Å². The number of nitrogens with zero attached hydrogens (tertiary/aromatic N) is 3. The number of fused-ring (bicyclic) bond motifs is 1. The molecule has 5 atom stereocenters. The van der Waals surface area contributed by atoms with E-state index in [1.54, 1.807) is 10.8 Å². The number of rotatable bonds is 10. The van der Waals surface area contributed by atoms with Crippen molar-refractivity contribution < 1.29 is 51.4 Å². The van der Waals surface area contributed by atoms with Crippen LogP contribution < -0.4 is 11.5 Å². The fourth-order valence-corrected chi connectivity index (χ4v) is 7.46. The summed E-state index contributed by atoms with van der Waals surface area (Å²) in [5.41, 5.74) is 12.4. The summed E-state index contributed by atoms with van der Waals surface area (Å²) in [6, 6.07) is 0. The summed E-state index contributed by atoms with van der Waals surface area (Å²) in [7, 11) is -15.9. The molecule has 2 aromatic rings. The van der Waals surface area contributed by atoms with Crippen molar-refractivity contribution in [3.8, 4) is 11.8 Å². The lowest BCUT2D eigenvalue weighted by Gasteiger charge is -2.21. The normalized spacial score (nSPS) is 23.7. The van der Waals surface area contributed by atoms with Gasteiger partial charge in [0.2, 0.25) is 0 Å². The van der Waals surface area contributed by atoms with Gasteiger partial charge >= 0.3 is 23.2 Å². The number of ether oxygens (including phenoxy) is 2. The smallest absolute Gasteiger partial charge is 0.383 e. The van der Waals surface area contributed by atoms with Crippen LogP contribution in [0.4, 0.5) is 5.82 Å². The molecule has 3 rings (SSSR count). The minimum atomic E-state index is -5.54. The Hall–Kier alpha value is -1.34. The average molecular weight is 587 g/mol. The highest BCUT2D eigenvalue weighted by Crippen LogP contribution is 2.66. The largest absolute Gasteiger partial charge is 0.488 e. The Kier molecular flexibility index (Phi) is 9.41. The van der Waals surface area contributed by atoms with Crippen LogP contribution in [0.3, 0.4) is 0 Å². The topological polar surface area (TPSA) is 252 Å². The van der Waals surface area contributed by atoms with Crippen LogP contribution in [-0.2, 0) is 31.8 Å². The van der Waals surface area contributed by atoms with Crippen LogP contribution in [0.1, 0.15) is 24.6 Å². The van der Waals surface area contributed by atoms with E-state index in [4.69, 9.17) is 30.7 Å². The molecule has 1 saturated heterocycles. The molecule has 20 heteroatoms. The lowest BCUT2D eigenvalue weighted by Crippen LogP contribution is -2.25. The van der Waals surface area contributed by atoms with Gasteiger partial charge in [0.15, 0.2) is 0 Å².